The predicted octanol–water partition coefficient (Wildman–Crippen LogP) is 3.00. The maximum atomic E-state index is 11.1. The van der Waals surface area contributed by atoms with Crippen LogP contribution in [0.25, 0.3) is 0 Å². The van der Waals surface area contributed by atoms with Crippen LogP contribution in [0.5, 0.6) is 0 Å². The van der Waals surface area contributed by atoms with Crippen molar-refractivity contribution in [3.8, 4) is 0 Å². The number of aromatic carboxylic acids is 1. The van der Waals surface area contributed by atoms with Gasteiger partial charge in [0.25, 0.3) is 0 Å². The molecule has 92 valence electrons. The number of aromatic nitrogens is 1. The number of hydrogen-bond acceptors (Lipinski definition) is 3. The molecule has 0 amide bonds. The first kappa shape index (κ1) is 12.4. The average molecular weight is 299 g/mol. The zero-order valence-electron chi connectivity index (χ0n) is 9.83. The molecule has 17 heavy (non-hydrogen) atoms. The second kappa shape index (κ2) is 4.29. The number of hydrogen-bond donors (Lipinski definition) is 2. The third-order valence-corrected chi connectivity index (χ3v) is 3.75. The normalized spacial score (nSPS) is 21.0. The Bertz CT molecular complexity index is 460. The summed E-state index contributed by atoms with van der Waals surface area (Å²) in [7, 11) is 0. The number of carboxylic acid groups (broad SMARTS) is 1. The highest BCUT2D eigenvalue weighted by molar-refractivity contribution is 9.10. The fourth-order valence-corrected chi connectivity index (χ4v) is 2.22. The molecular weight excluding hydrogens is 284 g/mol. The van der Waals surface area contributed by atoms with Crippen molar-refractivity contribution in [2.75, 3.05) is 11.9 Å². The molecule has 4 nitrogen and oxygen atoms in total. The van der Waals surface area contributed by atoms with Crippen LogP contribution in [0.15, 0.2) is 16.7 Å². The minimum atomic E-state index is -0.962. The molecule has 1 aliphatic carbocycles. The Hall–Kier alpha value is -1.10. The van der Waals surface area contributed by atoms with Crippen molar-refractivity contribution in [1.82, 2.24) is 4.98 Å². The van der Waals surface area contributed by atoms with Crippen LogP contribution in [-0.2, 0) is 0 Å². The van der Waals surface area contributed by atoms with E-state index in [-0.39, 0.29) is 5.56 Å². The predicted molar refractivity (Wildman–Crippen MR) is 69.3 cm³/mol. The summed E-state index contributed by atoms with van der Waals surface area (Å²) in [4.78, 5) is 15.2. The molecule has 2 N–H and O–H groups in total. The first-order valence-corrected chi connectivity index (χ1v) is 6.32. The molecule has 1 aromatic heterocycles. The Morgan fingerprint density at radius 3 is 2.88 bits per heavy atom. The standard InChI is InChI=1S/C12H15BrN2O2/c1-12(2)4-7(12)5-14-10-9(11(16)17)3-8(13)6-15-10/h3,6-7H,4-5H2,1-2H3,(H,14,15)(H,16,17). The molecule has 0 aromatic carbocycles. The molecule has 0 spiro atoms. The molecule has 1 heterocycles. The van der Waals surface area contributed by atoms with E-state index in [4.69, 9.17) is 5.11 Å². The van der Waals surface area contributed by atoms with Crippen LogP contribution in [0.1, 0.15) is 30.6 Å². The van der Waals surface area contributed by atoms with Crippen LogP contribution in [0.4, 0.5) is 5.82 Å². The smallest absolute Gasteiger partial charge is 0.339 e. The first-order valence-electron chi connectivity index (χ1n) is 5.53. The van der Waals surface area contributed by atoms with Crippen molar-refractivity contribution >= 4 is 27.7 Å². The largest absolute Gasteiger partial charge is 0.478 e. The van der Waals surface area contributed by atoms with Gasteiger partial charge in [0.15, 0.2) is 0 Å². The van der Waals surface area contributed by atoms with Crippen molar-refractivity contribution in [1.29, 1.82) is 0 Å². The van der Waals surface area contributed by atoms with E-state index in [1.165, 1.54) is 6.42 Å². The summed E-state index contributed by atoms with van der Waals surface area (Å²) in [6.45, 7) is 5.21. The highest BCUT2D eigenvalue weighted by Gasteiger charge is 2.45. The van der Waals surface area contributed by atoms with Crippen LogP contribution >= 0.6 is 15.9 Å². The molecule has 1 aromatic rings. The summed E-state index contributed by atoms with van der Waals surface area (Å²) >= 11 is 3.22. The van der Waals surface area contributed by atoms with Gasteiger partial charge in [0.2, 0.25) is 0 Å². The van der Waals surface area contributed by atoms with Crippen LogP contribution < -0.4 is 5.32 Å². The van der Waals surface area contributed by atoms with E-state index in [1.54, 1.807) is 12.3 Å². The zero-order chi connectivity index (χ0) is 12.6. The molecule has 1 atom stereocenters. The second-order valence-electron chi connectivity index (χ2n) is 5.13. The van der Waals surface area contributed by atoms with Crippen LogP contribution in [0, 0.1) is 11.3 Å². The van der Waals surface area contributed by atoms with Gasteiger partial charge in [-0.25, -0.2) is 9.78 Å². The topological polar surface area (TPSA) is 62.2 Å². The van der Waals surface area contributed by atoms with Crippen LogP contribution in [0.3, 0.4) is 0 Å². The van der Waals surface area contributed by atoms with Crippen molar-refractivity contribution < 1.29 is 9.90 Å². The lowest BCUT2D eigenvalue weighted by molar-refractivity contribution is 0.0697. The maximum absolute atomic E-state index is 11.1. The maximum Gasteiger partial charge on any atom is 0.339 e. The Kier molecular flexibility index (Phi) is 3.12. The minimum absolute atomic E-state index is 0.206. The minimum Gasteiger partial charge on any atom is -0.478 e. The molecule has 2 rings (SSSR count). The van der Waals surface area contributed by atoms with Crippen molar-refractivity contribution in [2.45, 2.75) is 20.3 Å². The van der Waals surface area contributed by atoms with Crippen molar-refractivity contribution in [3.05, 3.63) is 22.3 Å². The number of carboxylic acids is 1. The lowest BCUT2D eigenvalue weighted by atomic mass is 10.1. The van der Waals surface area contributed by atoms with Gasteiger partial charge >= 0.3 is 5.97 Å². The number of carbonyl (C=O) groups is 1. The summed E-state index contributed by atoms with van der Waals surface area (Å²) in [5.74, 6) is 0.0920. The molecule has 5 heteroatoms. The van der Waals surface area contributed by atoms with Gasteiger partial charge in [-0.2, -0.15) is 0 Å². The van der Waals surface area contributed by atoms with Gasteiger partial charge < -0.3 is 10.4 Å². The molecule has 0 aliphatic heterocycles. The summed E-state index contributed by atoms with van der Waals surface area (Å²) in [5, 5.41) is 12.2. The number of anilines is 1. The zero-order valence-corrected chi connectivity index (χ0v) is 11.4. The summed E-state index contributed by atoms with van der Waals surface area (Å²) in [6.07, 6.45) is 2.78. The average Bonchev–Trinajstić information content (AvgIpc) is 2.84. The molecule has 1 aliphatic rings. The number of pyridine rings is 1. The van der Waals surface area contributed by atoms with E-state index >= 15 is 0 Å². The third kappa shape index (κ3) is 2.77. The van der Waals surface area contributed by atoms with Gasteiger partial charge in [0.05, 0.1) is 0 Å². The van der Waals surface area contributed by atoms with E-state index in [0.29, 0.717) is 21.6 Å². The van der Waals surface area contributed by atoms with Crippen LogP contribution in [-0.4, -0.2) is 22.6 Å². The van der Waals surface area contributed by atoms with Gasteiger partial charge in [-0.15, -0.1) is 0 Å². The molecule has 1 saturated carbocycles. The SMILES string of the molecule is CC1(C)CC1CNc1ncc(Br)cc1C(=O)O. The monoisotopic (exact) mass is 298 g/mol. The van der Waals surface area contributed by atoms with E-state index in [1.807, 2.05) is 0 Å². The Morgan fingerprint density at radius 1 is 1.71 bits per heavy atom. The van der Waals surface area contributed by atoms with E-state index < -0.39 is 5.97 Å². The summed E-state index contributed by atoms with van der Waals surface area (Å²) < 4.78 is 0.673. The summed E-state index contributed by atoms with van der Waals surface area (Å²) in [5.41, 5.74) is 0.587. The van der Waals surface area contributed by atoms with Gasteiger partial charge in [0.1, 0.15) is 11.4 Å². The van der Waals surface area contributed by atoms with Gasteiger partial charge in [0, 0.05) is 17.2 Å². The highest BCUT2D eigenvalue weighted by atomic mass is 79.9. The second-order valence-corrected chi connectivity index (χ2v) is 6.04. The molecule has 1 fully saturated rings. The van der Waals surface area contributed by atoms with Gasteiger partial charge in [-0.05, 0) is 39.8 Å². The Morgan fingerprint density at radius 2 is 2.35 bits per heavy atom. The molecule has 1 unspecified atom stereocenters. The lowest BCUT2D eigenvalue weighted by Gasteiger charge is -2.09. The number of halogens is 1. The molecule has 0 saturated heterocycles. The number of nitrogens with zero attached hydrogens (tertiary/aromatic N) is 1. The van der Waals surface area contributed by atoms with E-state index in [0.717, 1.165) is 6.54 Å². The lowest BCUT2D eigenvalue weighted by Crippen LogP contribution is -2.12. The summed E-state index contributed by atoms with van der Waals surface area (Å²) in [6, 6.07) is 1.57. The Balaban J connectivity index is 2.08. The molecule has 0 bridgehead atoms. The fourth-order valence-electron chi connectivity index (χ4n) is 1.89. The van der Waals surface area contributed by atoms with Crippen molar-refractivity contribution in [3.63, 3.8) is 0 Å². The van der Waals surface area contributed by atoms with Crippen molar-refractivity contribution in [2.24, 2.45) is 11.3 Å². The fraction of sp³-hybridized carbons (Fsp3) is 0.500. The molecule has 0 radical (unpaired) electrons. The third-order valence-electron chi connectivity index (χ3n) is 3.32. The van der Waals surface area contributed by atoms with Crippen LogP contribution in [0.2, 0.25) is 0 Å². The van der Waals surface area contributed by atoms with Gasteiger partial charge in [-0.1, -0.05) is 13.8 Å². The Labute approximate surface area is 109 Å². The quantitative estimate of drug-likeness (QED) is 0.897. The molecular formula is C12H15BrN2O2. The van der Waals surface area contributed by atoms with E-state index in [9.17, 15) is 4.79 Å². The van der Waals surface area contributed by atoms with E-state index in [2.05, 4.69) is 40.1 Å². The number of nitrogens with one attached hydrogen (secondary N) is 1. The number of rotatable bonds is 4. The highest BCUT2D eigenvalue weighted by Crippen LogP contribution is 2.51. The van der Waals surface area contributed by atoms with Gasteiger partial charge in [-0.3, -0.25) is 0 Å². The first-order chi connectivity index (χ1) is 7.90.